The van der Waals surface area contributed by atoms with Crippen molar-refractivity contribution >= 4 is 5.97 Å². The Labute approximate surface area is 78.0 Å². The number of carboxylic acids is 1. The summed E-state index contributed by atoms with van der Waals surface area (Å²) in [6.45, 7) is 0. The number of hydrogen-bond donors (Lipinski definition) is 2. The van der Waals surface area contributed by atoms with E-state index >= 15 is 0 Å². The molecule has 14 heavy (non-hydrogen) atoms. The SMILES string of the molecule is O=C(O)c1c(-c2ncco2)ccn1O. The van der Waals surface area contributed by atoms with E-state index in [1.54, 1.807) is 0 Å². The van der Waals surface area contributed by atoms with Gasteiger partial charge in [-0.3, -0.25) is 0 Å². The van der Waals surface area contributed by atoms with E-state index in [4.69, 9.17) is 14.7 Å². The highest BCUT2D eigenvalue weighted by Gasteiger charge is 2.19. The number of rotatable bonds is 2. The predicted octanol–water partition coefficient (Wildman–Crippen LogP) is 1.08. The van der Waals surface area contributed by atoms with Crippen LogP contribution in [0.5, 0.6) is 0 Å². The maximum Gasteiger partial charge on any atom is 0.356 e. The van der Waals surface area contributed by atoms with Crippen LogP contribution in [0, 0.1) is 0 Å². The van der Waals surface area contributed by atoms with Crippen LogP contribution in [0.15, 0.2) is 29.1 Å². The molecule has 2 heterocycles. The van der Waals surface area contributed by atoms with Crippen LogP contribution in [0.2, 0.25) is 0 Å². The van der Waals surface area contributed by atoms with Crippen molar-refractivity contribution in [1.82, 2.24) is 9.71 Å². The highest BCUT2D eigenvalue weighted by Crippen LogP contribution is 2.22. The number of carbonyl (C=O) groups is 1. The summed E-state index contributed by atoms with van der Waals surface area (Å²) in [5.41, 5.74) is -0.0301. The molecule has 6 nitrogen and oxygen atoms in total. The molecule has 2 N–H and O–H groups in total. The van der Waals surface area contributed by atoms with E-state index in [1.165, 1.54) is 24.7 Å². The highest BCUT2D eigenvalue weighted by atomic mass is 16.5. The van der Waals surface area contributed by atoms with Crippen LogP contribution in [0.3, 0.4) is 0 Å². The lowest BCUT2D eigenvalue weighted by molar-refractivity contribution is 0.0645. The summed E-state index contributed by atoms with van der Waals surface area (Å²) in [6.07, 6.45) is 3.94. The average Bonchev–Trinajstić information content (AvgIpc) is 2.70. The molecule has 6 heteroatoms. The van der Waals surface area contributed by atoms with Crippen molar-refractivity contribution in [2.24, 2.45) is 0 Å². The van der Waals surface area contributed by atoms with Crippen LogP contribution in [0.4, 0.5) is 0 Å². The third-order valence-electron chi connectivity index (χ3n) is 1.73. The van der Waals surface area contributed by atoms with Crippen molar-refractivity contribution in [3.05, 3.63) is 30.4 Å². The lowest BCUT2D eigenvalue weighted by Crippen LogP contribution is -2.06. The number of aromatic carboxylic acids is 1. The van der Waals surface area contributed by atoms with Gasteiger partial charge in [-0.2, -0.15) is 4.73 Å². The fourth-order valence-electron chi connectivity index (χ4n) is 1.16. The standard InChI is InChI=1S/C8H6N2O4/c11-8(12)6-5(1-3-10(6)13)7-9-2-4-14-7/h1-4,13H,(H,11,12). The molecule has 72 valence electrons. The zero-order valence-electron chi connectivity index (χ0n) is 6.91. The van der Waals surface area contributed by atoms with Gasteiger partial charge in [0.25, 0.3) is 0 Å². The first-order valence-electron chi connectivity index (χ1n) is 3.74. The smallest absolute Gasteiger partial charge is 0.356 e. The first-order chi connectivity index (χ1) is 6.70. The second-order valence-corrected chi connectivity index (χ2v) is 2.56. The Morgan fingerprint density at radius 3 is 2.93 bits per heavy atom. The van der Waals surface area contributed by atoms with Gasteiger partial charge >= 0.3 is 5.97 Å². The maximum atomic E-state index is 10.7. The van der Waals surface area contributed by atoms with Gasteiger partial charge in [0.15, 0.2) is 5.69 Å². The Hall–Kier alpha value is -2.24. The number of hydrogen-bond acceptors (Lipinski definition) is 4. The number of carboxylic acid groups (broad SMARTS) is 1. The molecule has 0 aliphatic carbocycles. The zero-order valence-corrected chi connectivity index (χ0v) is 6.91. The maximum absolute atomic E-state index is 10.7. The van der Waals surface area contributed by atoms with Crippen molar-refractivity contribution < 1.29 is 19.5 Å². The van der Waals surface area contributed by atoms with Crippen LogP contribution >= 0.6 is 0 Å². The largest absolute Gasteiger partial charge is 0.476 e. The van der Waals surface area contributed by atoms with Crippen molar-refractivity contribution in [3.8, 4) is 11.5 Å². The molecule has 2 aromatic heterocycles. The summed E-state index contributed by atoms with van der Waals surface area (Å²) in [7, 11) is 0. The molecule has 0 unspecified atom stereocenters. The van der Waals surface area contributed by atoms with Gasteiger partial charge in [0.2, 0.25) is 5.89 Å². The summed E-state index contributed by atoms with van der Waals surface area (Å²) in [5.74, 6) is -1.08. The molecule has 0 bridgehead atoms. The number of nitrogens with zero attached hydrogens (tertiary/aromatic N) is 2. The van der Waals surface area contributed by atoms with Crippen LogP contribution in [0.1, 0.15) is 10.5 Å². The van der Waals surface area contributed by atoms with E-state index in [2.05, 4.69) is 4.98 Å². The van der Waals surface area contributed by atoms with Crippen molar-refractivity contribution in [2.45, 2.75) is 0 Å². The van der Waals surface area contributed by atoms with Gasteiger partial charge in [-0.1, -0.05) is 0 Å². The Bertz CT molecular complexity index is 458. The van der Waals surface area contributed by atoms with E-state index in [0.29, 0.717) is 4.73 Å². The lowest BCUT2D eigenvalue weighted by Gasteiger charge is -1.97. The first-order valence-corrected chi connectivity index (χ1v) is 3.74. The molecule has 2 aromatic rings. The van der Waals surface area contributed by atoms with Crippen LogP contribution in [-0.4, -0.2) is 26.0 Å². The second kappa shape index (κ2) is 2.91. The molecule has 0 saturated carbocycles. The van der Waals surface area contributed by atoms with Gasteiger partial charge in [-0.15, -0.1) is 0 Å². The minimum absolute atomic E-state index is 0.162. The molecule has 2 rings (SSSR count). The van der Waals surface area contributed by atoms with E-state index < -0.39 is 5.97 Å². The van der Waals surface area contributed by atoms with Crippen molar-refractivity contribution in [2.75, 3.05) is 0 Å². The van der Waals surface area contributed by atoms with Gasteiger partial charge < -0.3 is 14.7 Å². The minimum Gasteiger partial charge on any atom is -0.476 e. The predicted molar refractivity (Wildman–Crippen MR) is 44.1 cm³/mol. The summed E-state index contributed by atoms with van der Waals surface area (Å²) >= 11 is 0. The lowest BCUT2D eigenvalue weighted by atomic mass is 10.2. The molecule has 0 amide bonds. The third kappa shape index (κ3) is 1.13. The number of oxazole rings is 1. The van der Waals surface area contributed by atoms with Crippen molar-refractivity contribution in [3.63, 3.8) is 0 Å². The monoisotopic (exact) mass is 194 g/mol. The Kier molecular flexibility index (Phi) is 1.74. The van der Waals surface area contributed by atoms with E-state index in [0.717, 1.165) is 0 Å². The molecule has 0 radical (unpaired) electrons. The molecular formula is C8H6N2O4. The first kappa shape index (κ1) is 8.36. The fraction of sp³-hybridized carbons (Fsp3) is 0. The summed E-state index contributed by atoms with van der Waals surface area (Å²) in [5, 5.41) is 18.0. The fourth-order valence-corrected chi connectivity index (χ4v) is 1.16. The van der Waals surface area contributed by atoms with Gasteiger partial charge in [-0.25, -0.2) is 9.78 Å². The van der Waals surface area contributed by atoms with Crippen LogP contribution in [-0.2, 0) is 0 Å². The third-order valence-corrected chi connectivity index (χ3v) is 1.73. The Morgan fingerprint density at radius 1 is 1.57 bits per heavy atom. The van der Waals surface area contributed by atoms with Crippen molar-refractivity contribution in [1.29, 1.82) is 0 Å². The summed E-state index contributed by atoms with van der Waals surface area (Å²) in [6, 6.07) is 1.41. The van der Waals surface area contributed by atoms with E-state index in [1.807, 2.05) is 0 Å². The van der Waals surface area contributed by atoms with E-state index in [-0.39, 0.29) is 17.1 Å². The quantitative estimate of drug-likeness (QED) is 0.698. The summed E-state index contributed by atoms with van der Waals surface area (Å²) in [4.78, 5) is 14.5. The molecular weight excluding hydrogens is 188 g/mol. The minimum atomic E-state index is -1.24. The molecule has 0 aliphatic rings. The van der Waals surface area contributed by atoms with Crippen LogP contribution in [0.25, 0.3) is 11.5 Å². The average molecular weight is 194 g/mol. The molecule has 0 aliphatic heterocycles. The van der Waals surface area contributed by atoms with Gasteiger partial charge in [-0.05, 0) is 6.07 Å². The molecule has 0 fully saturated rings. The molecule has 0 saturated heterocycles. The number of aromatic nitrogens is 2. The van der Waals surface area contributed by atoms with Gasteiger partial charge in [0, 0.05) is 6.20 Å². The highest BCUT2D eigenvalue weighted by molar-refractivity contribution is 5.93. The normalized spacial score (nSPS) is 10.3. The van der Waals surface area contributed by atoms with E-state index in [9.17, 15) is 4.79 Å². The Balaban J connectivity index is 2.60. The van der Waals surface area contributed by atoms with Gasteiger partial charge in [0.05, 0.1) is 11.8 Å². The molecule has 0 spiro atoms. The zero-order chi connectivity index (χ0) is 10.1. The second-order valence-electron chi connectivity index (χ2n) is 2.56. The molecule has 0 atom stereocenters. The molecule has 0 aromatic carbocycles. The van der Waals surface area contributed by atoms with Crippen LogP contribution < -0.4 is 0 Å². The Morgan fingerprint density at radius 2 is 2.36 bits per heavy atom. The topological polar surface area (TPSA) is 88.5 Å². The van der Waals surface area contributed by atoms with Gasteiger partial charge in [0.1, 0.15) is 6.26 Å². The summed E-state index contributed by atoms with van der Waals surface area (Å²) < 4.78 is 5.44.